The van der Waals surface area contributed by atoms with Crippen molar-refractivity contribution in [2.45, 2.75) is 6.92 Å². The molecule has 0 radical (unpaired) electrons. The Kier molecular flexibility index (Phi) is 5.18. The van der Waals surface area contributed by atoms with Crippen molar-refractivity contribution in [3.63, 3.8) is 0 Å². The lowest BCUT2D eigenvalue weighted by Crippen LogP contribution is -1.98. The summed E-state index contributed by atoms with van der Waals surface area (Å²) in [5.41, 5.74) is 4.21. The van der Waals surface area contributed by atoms with E-state index in [4.69, 9.17) is 4.74 Å². The molecule has 4 heteroatoms. The molecule has 0 saturated heterocycles. The highest BCUT2D eigenvalue weighted by atomic mass is 32.1. The molecule has 2 aromatic heterocycles. The van der Waals surface area contributed by atoms with E-state index in [2.05, 4.69) is 23.2 Å². The summed E-state index contributed by atoms with van der Waals surface area (Å²) < 4.78 is 4.93. The van der Waals surface area contributed by atoms with Gasteiger partial charge in [-0.25, -0.2) is 4.79 Å². The topological polar surface area (TPSA) is 39.2 Å². The lowest BCUT2D eigenvalue weighted by molar-refractivity contribution is -0.137. The van der Waals surface area contributed by atoms with Gasteiger partial charge in [-0.15, -0.1) is 11.3 Å². The van der Waals surface area contributed by atoms with Crippen LogP contribution in [0.25, 0.3) is 28.5 Å². The molecule has 0 aliphatic carbocycles. The molecule has 0 saturated carbocycles. The molecule has 0 N–H and O–H groups in total. The third kappa shape index (κ3) is 3.78. The fraction of sp³-hybridized carbons (Fsp3) is 0.100. The highest BCUT2D eigenvalue weighted by Crippen LogP contribution is 2.31. The molecule has 0 spiro atoms. The first-order valence-electron chi connectivity index (χ1n) is 7.72. The number of hydrogen-bond donors (Lipinski definition) is 0. The molecular formula is C20H17NO2S. The molecule has 120 valence electrons. The first kappa shape index (κ1) is 16.1. The van der Waals surface area contributed by atoms with Gasteiger partial charge in [-0.1, -0.05) is 24.3 Å². The van der Waals surface area contributed by atoms with Crippen molar-refractivity contribution < 1.29 is 9.53 Å². The Morgan fingerprint density at radius 1 is 1.17 bits per heavy atom. The largest absolute Gasteiger partial charge is 0.463 e. The van der Waals surface area contributed by atoms with Crippen molar-refractivity contribution in [3.8, 4) is 22.4 Å². The van der Waals surface area contributed by atoms with Gasteiger partial charge in [0, 0.05) is 22.7 Å². The van der Waals surface area contributed by atoms with E-state index in [1.807, 2.05) is 41.8 Å². The molecule has 24 heavy (non-hydrogen) atoms. The smallest absolute Gasteiger partial charge is 0.330 e. The fourth-order valence-electron chi connectivity index (χ4n) is 2.40. The third-order valence-electron chi connectivity index (χ3n) is 3.49. The number of thiophene rings is 1. The monoisotopic (exact) mass is 335 g/mol. The third-order valence-corrected chi connectivity index (χ3v) is 4.37. The molecule has 0 bridgehead atoms. The van der Waals surface area contributed by atoms with Gasteiger partial charge in [0.25, 0.3) is 0 Å². The number of benzene rings is 1. The van der Waals surface area contributed by atoms with Gasteiger partial charge in [0.1, 0.15) is 0 Å². The van der Waals surface area contributed by atoms with Crippen LogP contribution < -0.4 is 0 Å². The van der Waals surface area contributed by atoms with Crippen LogP contribution in [0.2, 0.25) is 0 Å². The van der Waals surface area contributed by atoms with Crippen LogP contribution >= 0.6 is 11.3 Å². The van der Waals surface area contributed by atoms with Crippen molar-refractivity contribution >= 4 is 23.4 Å². The lowest BCUT2D eigenvalue weighted by Gasteiger charge is -2.05. The van der Waals surface area contributed by atoms with Crippen LogP contribution in [0.1, 0.15) is 11.8 Å². The molecule has 3 rings (SSSR count). The van der Waals surface area contributed by atoms with Crippen molar-refractivity contribution in [1.29, 1.82) is 0 Å². The first-order valence-corrected chi connectivity index (χ1v) is 8.60. The summed E-state index contributed by atoms with van der Waals surface area (Å²) in [7, 11) is 0. The highest BCUT2D eigenvalue weighted by molar-refractivity contribution is 7.11. The molecule has 3 aromatic rings. The van der Waals surface area contributed by atoms with Crippen molar-refractivity contribution in [1.82, 2.24) is 4.98 Å². The molecule has 0 atom stereocenters. The van der Waals surface area contributed by atoms with Crippen LogP contribution in [-0.4, -0.2) is 17.6 Å². The Labute approximate surface area is 145 Å². The summed E-state index contributed by atoms with van der Waals surface area (Å²) >= 11 is 1.60. The van der Waals surface area contributed by atoms with Gasteiger partial charge in [0.2, 0.25) is 0 Å². The van der Waals surface area contributed by atoms with E-state index >= 15 is 0 Å². The highest BCUT2D eigenvalue weighted by Gasteiger charge is 2.07. The van der Waals surface area contributed by atoms with Crippen LogP contribution in [0.15, 0.2) is 66.2 Å². The van der Waals surface area contributed by atoms with Crippen LogP contribution in [0.4, 0.5) is 0 Å². The molecule has 0 fully saturated rings. The van der Waals surface area contributed by atoms with E-state index in [1.165, 1.54) is 6.08 Å². The zero-order valence-electron chi connectivity index (χ0n) is 13.3. The predicted molar refractivity (Wildman–Crippen MR) is 98.7 cm³/mol. The Balaban J connectivity index is 1.91. The maximum Gasteiger partial charge on any atom is 0.330 e. The van der Waals surface area contributed by atoms with E-state index in [0.29, 0.717) is 6.61 Å². The molecule has 0 unspecified atom stereocenters. The molecule has 1 aromatic carbocycles. The summed E-state index contributed by atoms with van der Waals surface area (Å²) in [5, 5.41) is 2.02. The number of carbonyl (C=O) groups excluding carboxylic acids is 1. The zero-order chi connectivity index (χ0) is 16.8. The summed E-state index contributed by atoms with van der Waals surface area (Å²) in [6.07, 6.45) is 5.08. The second-order valence-corrected chi connectivity index (χ2v) is 6.03. The zero-order valence-corrected chi connectivity index (χ0v) is 14.1. The number of rotatable bonds is 5. The van der Waals surface area contributed by atoms with E-state index < -0.39 is 0 Å². The van der Waals surface area contributed by atoms with Crippen LogP contribution in [0, 0.1) is 0 Å². The van der Waals surface area contributed by atoms with E-state index in [9.17, 15) is 4.79 Å². The average molecular weight is 335 g/mol. The number of carbonyl (C=O) groups is 1. The van der Waals surface area contributed by atoms with E-state index in [0.717, 1.165) is 27.3 Å². The quantitative estimate of drug-likeness (QED) is 0.483. The van der Waals surface area contributed by atoms with Gasteiger partial charge < -0.3 is 4.74 Å². The van der Waals surface area contributed by atoms with Crippen molar-refractivity contribution in [2.24, 2.45) is 0 Å². The summed E-state index contributed by atoms with van der Waals surface area (Å²) in [6.45, 7) is 2.18. The van der Waals surface area contributed by atoms with E-state index in [1.54, 1.807) is 24.5 Å². The molecule has 3 nitrogen and oxygen atoms in total. The van der Waals surface area contributed by atoms with Gasteiger partial charge in [0.15, 0.2) is 0 Å². The minimum atomic E-state index is -0.320. The molecular weight excluding hydrogens is 318 g/mol. The second kappa shape index (κ2) is 7.70. The summed E-state index contributed by atoms with van der Waals surface area (Å²) in [5.74, 6) is -0.320. The Morgan fingerprint density at radius 2 is 2.04 bits per heavy atom. The number of nitrogens with zero attached hydrogens (tertiary/aromatic N) is 1. The van der Waals surface area contributed by atoms with Crippen LogP contribution in [0.3, 0.4) is 0 Å². The number of hydrogen-bond acceptors (Lipinski definition) is 4. The Hall–Kier alpha value is -2.72. The molecule has 2 heterocycles. The average Bonchev–Trinajstić information content (AvgIpc) is 3.10. The minimum absolute atomic E-state index is 0.320. The Bertz CT molecular complexity index is 853. The van der Waals surface area contributed by atoms with Gasteiger partial charge >= 0.3 is 5.97 Å². The first-order chi connectivity index (χ1) is 11.8. The van der Waals surface area contributed by atoms with Gasteiger partial charge in [-0.2, -0.15) is 0 Å². The van der Waals surface area contributed by atoms with Crippen LogP contribution in [-0.2, 0) is 9.53 Å². The SMILES string of the molecule is CCOC(=O)C=Cc1sccc1-c1cccc(-c2ccccn2)c1. The summed E-state index contributed by atoms with van der Waals surface area (Å²) in [4.78, 5) is 16.9. The standard InChI is InChI=1S/C20H17NO2S/c1-2-23-20(22)10-9-19-17(11-13-24-19)15-6-5-7-16(14-15)18-8-3-4-12-21-18/h3-14H,2H2,1H3. The number of ether oxygens (including phenoxy) is 1. The van der Waals surface area contributed by atoms with Gasteiger partial charge in [0.05, 0.1) is 12.3 Å². The summed E-state index contributed by atoms with van der Waals surface area (Å²) in [6, 6.07) is 16.2. The van der Waals surface area contributed by atoms with Crippen LogP contribution in [0.5, 0.6) is 0 Å². The van der Waals surface area contributed by atoms with Gasteiger partial charge in [-0.3, -0.25) is 4.98 Å². The Morgan fingerprint density at radius 3 is 2.83 bits per heavy atom. The predicted octanol–water partition coefficient (Wildman–Crippen LogP) is 5.05. The molecule has 0 amide bonds. The maximum absolute atomic E-state index is 11.5. The second-order valence-electron chi connectivity index (χ2n) is 5.08. The molecule has 0 aliphatic heterocycles. The maximum atomic E-state index is 11.5. The number of pyridine rings is 1. The number of esters is 1. The van der Waals surface area contributed by atoms with Crippen molar-refractivity contribution in [2.75, 3.05) is 6.61 Å². The van der Waals surface area contributed by atoms with Gasteiger partial charge in [-0.05, 0) is 53.8 Å². The number of aromatic nitrogens is 1. The molecule has 0 aliphatic rings. The van der Waals surface area contributed by atoms with Crippen molar-refractivity contribution in [3.05, 3.63) is 71.1 Å². The fourth-order valence-corrected chi connectivity index (χ4v) is 3.21. The van der Waals surface area contributed by atoms with E-state index in [-0.39, 0.29) is 5.97 Å². The minimum Gasteiger partial charge on any atom is -0.463 e. The lowest BCUT2D eigenvalue weighted by atomic mass is 10.0. The normalized spacial score (nSPS) is 10.9.